The number of rotatable bonds is 20. The number of hydrogen-bond acceptors (Lipinski definition) is 12. The first kappa shape index (κ1) is 62.7. The maximum atomic E-state index is 15.6. The molecule has 2 aliphatic rings. The summed E-state index contributed by atoms with van der Waals surface area (Å²) >= 11 is 11.8. The summed E-state index contributed by atoms with van der Waals surface area (Å²) in [5.74, 6) is -6.71. The van der Waals surface area contributed by atoms with Crippen LogP contribution in [0.2, 0.25) is 10.0 Å². The Morgan fingerprint density at radius 2 is 0.900 bits per heavy atom. The number of carboxylic acids is 2. The molecule has 6 heterocycles. The quantitative estimate of drug-likeness (QED) is 0.0685. The van der Waals surface area contributed by atoms with Crippen LogP contribution in [0.25, 0.3) is 44.6 Å². The van der Waals surface area contributed by atoms with Crippen LogP contribution < -0.4 is 9.47 Å². The van der Waals surface area contributed by atoms with Gasteiger partial charge >= 0.3 is 11.9 Å². The first-order valence-electron chi connectivity index (χ1n) is 28.1. The molecule has 2 saturated heterocycles. The lowest BCUT2D eigenvalue weighted by Gasteiger charge is -2.22. The Bertz CT molecular complexity index is 4040. The summed E-state index contributed by atoms with van der Waals surface area (Å²) in [7, 11) is 3.16. The second-order valence-electron chi connectivity index (χ2n) is 21.5. The van der Waals surface area contributed by atoms with Gasteiger partial charge in [-0.1, -0.05) is 47.5 Å². The van der Waals surface area contributed by atoms with Crippen molar-refractivity contribution in [2.24, 2.45) is 11.8 Å². The predicted molar refractivity (Wildman–Crippen MR) is 320 cm³/mol. The van der Waals surface area contributed by atoms with Crippen LogP contribution in [-0.2, 0) is 45.0 Å². The number of carboxylic acid groups (broad SMARTS) is 2. The summed E-state index contributed by atoms with van der Waals surface area (Å²) in [5, 5.41) is 20.3. The highest BCUT2D eigenvalue weighted by molar-refractivity contribution is 6.30. The minimum Gasteiger partial charge on any atom is -0.478 e. The fourth-order valence-electron chi connectivity index (χ4n) is 11.0. The van der Waals surface area contributed by atoms with Crippen molar-refractivity contribution in [3.05, 3.63) is 223 Å². The van der Waals surface area contributed by atoms with Gasteiger partial charge in [0, 0.05) is 60.1 Å². The molecule has 0 amide bonds. The number of fused-ring (bicyclic) bond motifs is 2. The summed E-state index contributed by atoms with van der Waals surface area (Å²) in [6.07, 6.45) is -0.189. The molecular weight excluding hydrogens is 1220 g/mol. The van der Waals surface area contributed by atoms with E-state index >= 15 is 17.6 Å². The lowest BCUT2D eigenvalue weighted by Crippen LogP contribution is -2.23. The summed E-state index contributed by atoms with van der Waals surface area (Å²) in [4.78, 5) is 41.0. The van der Waals surface area contributed by atoms with Gasteiger partial charge in [-0.15, -0.1) is 0 Å². The smallest absolute Gasteiger partial charge is 0.335 e. The van der Waals surface area contributed by atoms with Gasteiger partial charge in [-0.05, 0) is 131 Å². The summed E-state index contributed by atoms with van der Waals surface area (Å²) in [6, 6.07) is 30.9. The number of imidazole rings is 2. The van der Waals surface area contributed by atoms with Gasteiger partial charge in [0.05, 0.1) is 96.3 Å². The van der Waals surface area contributed by atoms with Crippen molar-refractivity contribution in [3.63, 3.8) is 0 Å². The number of halogens is 8. The van der Waals surface area contributed by atoms with E-state index in [2.05, 4.69) is 19.9 Å². The number of aromatic nitrogens is 6. The van der Waals surface area contributed by atoms with Crippen molar-refractivity contribution in [1.29, 1.82) is 0 Å². The Morgan fingerprint density at radius 1 is 0.500 bits per heavy atom. The molecule has 2 aliphatic heterocycles. The van der Waals surface area contributed by atoms with Crippen LogP contribution in [0, 0.1) is 46.7 Å². The Kier molecular flexibility index (Phi) is 19.1. The van der Waals surface area contributed by atoms with E-state index < -0.39 is 46.8 Å². The average Bonchev–Trinajstić information content (AvgIpc) is 3.06. The predicted octanol–water partition coefficient (Wildman–Crippen LogP) is 13.7. The van der Waals surface area contributed by atoms with Gasteiger partial charge in [0.2, 0.25) is 0 Å². The van der Waals surface area contributed by atoms with E-state index in [4.69, 9.17) is 51.6 Å². The van der Waals surface area contributed by atoms with Gasteiger partial charge < -0.3 is 47.8 Å². The molecule has 0 radical (unpaired) electrons. The zero-order chi connectivity index (χ0) is 63.3. The van der Waals surface area contributed by atoms with Crippen molar-refractivity contribution in [1.82, 2.24) is 29.1 Å². The van der Waals surface area contributed by atoms with E-state index in [-0.39, 0.29) is 107 Å². The zero-order valence-electron chi connectivity index (χ0n) is 47.9. The molecule has 24 heteroatoms. The average molecular weight is 1280 g/mol. The fraction of sp³-hybridized carbons (Fsp3) is 0.242. The van der Waals surface area contributed by atoms with Gasteiger partial charge in [0.25, 0.3) is 11.8 Å². The van der Waals surface area contributed by atoms with Crippen molar-refractivity contribution in [3.8, 4) is 34.3 Å². The number of benzene rings is 6. The molecule has 2 N–H and O–H groups in total. The number of methoxy groups -OCH3 is 2. The minimum atomic E-state index is -1.10. The normalized spacial score (nSPS) is 16.4. The molecule has 0 spiro atoms. The molecule has 4 atom stereocenters. The molecule has 16 nitrogen and oxygen atoms in total. The van der Waals surface area contributed by atoms with Crippen molar-refractivity contribution in [2.45, 2.75) is 38.1 Å². The lowest BCUT2D eigenvalue weighted by atomic mass is 10.0. The van der Waals surface area contributed by atoms with Crippen LogP contribution >= 0.6 is 23.2 Å². The molecular formula is C66H54Cl2F6N6O10. The van der Waals surface area contributed by atoms with Crippen LogP contribution in [0.3, 0.4) is 0 Å². The molecule has 90 heavy (non-hydrogen) atoms. The summed E-state index contributed by atoms with van der Waals surface area (Å²) in [6.45, 7) is 2.23. The third-order valence-corrected chi connectivity index (χ3v) is 16.0. The van der Waals surface area contributed by atoms with Crippen LogP contribution in [0.5, 0.6) is 11.8 Å². The van der Waals surface area contributed by atoms with E-state index in [0.717, 1.165) is 47.5 Å². The molecule has 4 aromatic heterocycles. The fourth-order valence-corrected chi connectivity index (χ4v) is 11.3. The number of aromatic carboxylic acids is 2. The number of ether oxygens (including phenoxy) is 6. The third-order valence-electron chi connectivity index (χ3n) is 15.5. The lowest BCUT2D eigenvalue weighted by molar-refractivity contribution is 0.0686. The van der Waals surface area contributed by atoms with Crippen molar-refractivity contribution in [2.75, 3.05) is 53.9 Å². The van der Waals surface area contributed by atoms with Gasteiger partial charge in [-0.3, -0.25) is 0 Å². The van der Waals surface area contributed by atoms with Crippen LogP contribution in [0.4, 0.5) is 26.3 Å². The Labute approximate surface area is 520 Å². The highest BCUT2D eigenvalue weighted by Crippen LogP contribution is 2.37. The second kappa shape index (κ2) is 27.5. The SMILES string of the molecule is COC[C@H]1COC[C@H]1n1c(Cc2cc(F)c(-c3ccc(F)c(OCc4ccc(Cl)cc4)n3)cc2F)nc2ccc(C(=O)O)cc21.COC[C@H]1COC[C@H]1n1c(Cc2cc(F)c(-c3ccc(F)c(OCc4ccc(Cl)cc4)n3)cc2F)nc2ccc(C(=O)O)cc21. The topological polar surface area (TPSA) is 191 Å². The van der Waals surface area contributed by atoms with E-state index in [9.17, 15) is 28.6 Å². The van der Waals surface area contributed by atoms with Crippen molar-refractivity contribution >= 4 is 57.2 Å². The number of nitrogens with zero attached hydrogens (tertiary/aromatic N) is 6. The van der Waals surface area contributed by atoms with Crippen LogP contribution in [-0.4, -0.2) is 105 Å². The van der Waals surface area contributed by atoms with Crippen LogP contribution in [0.1, 0.15) is 66.7 Å². The van der Waals surface area contributed by atoms with Gasteiger partial charge in [-0.25, -0.2) is 55.9 Å². The Morgan fingerprint density at radius 3 is 1.28 bits per heavy atom. The molecule has 12 rings (SSSR count). The molecule has 10 aromatic rings. The minimum absolute atomic E-state index is 0.00739. The van der Waals surface area contributed by atoms with Crippen molar-refractivity contribution < 1.29 is 74.6 Å². The van der Waals surface area contributed by atoms with Gasteiger partial charge in [0.15, 0.2) is 11.6 Å². The molecule has 6 aromatic carbocycles. The van der Waals surface area contributed by atoms with Gasteiger partial charge in [0.1, 0.15) is 48.1 Å². The summed E-state index contributed by atoms with van der Waals surface area (Å²) in [5.41, 5.74) is 3.37. The maximum Gasteiger partial charge on any atom is 0.335 e. The van der Waals surface area contributed by atoms with Gasteiger partial charge in [-0.2, -0.15) is 0 Å². The molecule has 0 aliphatic carbocycles. The number of pyridine rings is 2. The van der Waals surface area contributed by atoms with E-state index in [0.29, 0.717) is 83.4 Å². The van der Waals surface area contributed by atoms with E-state index in [1.54, 1.807) is 74.9 Å². The number of carbonyl (C=O) groups is 2. The maximum absolute atomic E-state index is 15.6. The standard InChI is InChI=1S/2C33H27ClF3N3O5/c2*1-43-15-21-16-44-17-30(21)40-29-11-19(33(41)42)4-8-28(29)38-31(40)12-20-10-26(37)23(13-25(20)36)27-9-7-24(35)32(39-27)45-14-18-2-5-22(34)6-3-18/h2*2-11,13,21,30H,12,14-17H2,1H3,(H,41,42)/t2*21-,30+/m00/s1. The molecule has 0 bridgehead atoms. The Balaban J connectivity index is 0.000000185. The first-order valence-corrected chi connectivity index (χ1v) is 28.8. The highest BCUT2D eigenvalue weighted by atomic mass is 35.5. The third kappa shape index (κ3) is 13.8. The molecule has 0 unspecified atom stereocenters. The molecule has 2 fully saturated rings. The summed E-state index contributed by atoms with van der Waals surface area (Å²) < 4.78 is 128. The largest absolute Gasteiger partial charge is 0.478 e. The second-order valence-corrected chi connectivity index (χ2v) is 22.3. The zero-order valence-corrected chi connectivity index (χ0v) is 49.5. The monoisotopic (exact) mass is 1270 g/mol. The van der Waals surface area contributed by atoms with E-state index in [1.807, 2.05) is 9.13 Å². The Hall–Kier alpha value is -8.90. The van der Waals surface area contributed by atoms with Crippen LogP contribution in [0.15, 0.2) is 133 Å². The van der Waals surface area contributed by atoms with E-state index in [1.165, 1.54) is 36.4 Å². The highest BCUT2D eigenvalue weighted by Gasteiger charge is 2.35. The molecule has 0 saturated carbocycles. The number of hydrogen-bond donors (Lipinski definition) is 2. The molecule has 464 valence electrons. The first-order chi connectivity index (χ1) is 43.4.